The van der Waals surface area contributed by atoms with Gasteiger partial charge in [-0.15, -0.1) is 0 Å². The highest BCUT2D eigenvalue weighted by molar-refractivity contribution is 5.81. The van der Waals surface area contributed by atoms with Gasteiger partial charge in [0.05, 0.1) is 6.54 Å². The van der Waals surface area contributed by atoms with Gasteiger partial charge in [-0.2, -0.15) is 0 Å². The van der Waals surface area contributed by atoms with Gasteiger partial charge < -0.3 is 10.2 Å². The minimum Gasteiger partial charge on any atom is -0.376 e. The van der Waals surface area contributed by atoms with E-state index in [0.717, 1.165) is 11.3 Å². The van der Waals surface area contributed by atoms with Gasteiger partial charge in [0.2, 0.25) is 5.91 Å². The van der Waals surface area contributed by atoms with E-state index in [9.17, 15) is 4.79 Å². The van der Waals surface area contributed by atoms with Crippen LogP contribution >= 0.6 is 0 Å². The van der Waals surface area contributed by atoms with Crippen LogP contribution in [0.2, 0.25) is 0 Å². The topological polar surface area (TPSA) is 32.3 Å². The highest BCUT2D eigenvalue weighted by Crippen LogP contribution is 2.15. The summed E-state index contributed by atoms with van der Waals surface area (Å²) in [6.07, 6.45) is 0. The number of amides is 1. The molecule has 0 saturated carbocycles. The Kier molecular flexibility index (Phi) is 4.55. The highest BCUT2D eigenvalue weighted by Gasteiger charge is 2.11. The van der Waals surface area contributed by atoms with Crippen molar-refractivity contribution in [3.8, 4) is 0 Å². The van der Waals surface area contributed by atoms with E-state index in [1.54, 1.807) is 4.90 Å². The Balaban J connectivity index is 2.61. The van der Waals surface area contributed by atoms with Crippen LogP contribution in [0, 0.1) is 13.8 Å². The molecule has 1 N–H and O–H groups in total. The maximum Gasteiger partial charge on any atom is 0.241 e. The molecule has 0 aliphatic heterocycles. The first-order chi connectivity index (χ1) is 7.91. The van der Waals surface area contributed by atoms with Crippen LogP contribution in [0.3, 0.4) is 0 Å². The average Bonchev–Trinajstić information content (AvgIpc) is 2.28. The quantitative estimate of drug-likeness (QED) is 0.868. The number of aryl methyl sites for hydroxylation is 2. The van der Waals surface area contributed by atoms with Crippen molar-refractivity contribution in [3.63, 3.8) is 0 Å². The van der Waals surface area contributed by atoms with Crippen LogP contribution in [0.15, 0.2) is 18.2 Å². The van der Waals surface area contributed by atoms with Crippen molar-refractivity contribution < 1.29 is 4.79 Å². The minimum absolute atomic E-state index is 0.112. The Morgan fingerprint density at radius 3 is 2.59 bits per heavy atom. The molecule has 1 aromatic carbocycles. The third-order valence-corrected chi connectivity index (χ3v) is 2.99. The Bertz CT molecular complexity index is 399. The molecule has 1 amide bonds. The summed E-state index contributed by atoms with van der Waals surface area (Å²) in [5.41, 5.74) is 3.40. The Morgan fingerprint density at radius 1 is 1.35 bits per heavy atom. The summed E-state index contributed by atoms with van der Waals surface area (Å²) in [5.74, 6) is 0.112. The fraction of sp³-hybridized carbons (Fsp3) is 0.500. The average molecular weight is 234 g/mol. The Hall–Kier alpha value is -1.51. The van der Waals surface area contributed by atoms with Gasteiger partial charge in [0.25, 0.3) is 0 Å². The molecule has 3 nitrogen and oxygen atoms in total. The number of likely N-dealkylation sites (N-methyl/N-ethyl adjacent to an activating group) is 1. The van der Waals surface area contributed by atoms with Crippen LogP contribution in [0.25, 0.3) is 0 Å². The molecule has 0 radical (unpaired) electrons. The molecule has 0 aromatic heterocycles. The number of carbonyl (C=O) groups is 1. The molecule has 17 heavy (non-hydrogen) atoms. The number of hydrogen-bond acceptors (Lipinski definition) is 2. The van der Waals surface area contributed by atoms with Crippen LogP contribution in [0.1, 0.15) is 25.0 Å². The van der Waals surface area contributed by atoms with Gasteiger partial charge >= 0.3 is 0 Å². The molecule has 1 rings (SSSR count). The number of nitrogens with one attached hydrogen (secondary N) is 1. The fourth-order valence-electron chi connectivity index (χ4n) is 1.51. The van der Waals surface area contributed by atoms with Crippen molar-refractivity contribution in [2.24, 2.45) is 0 Å². The molecule has 0 heterocycles. The van der Waals surface area contributed by atoms with Crippen molar-refractivity contribution in [1.82, 2.24) is 4.90 Å². The zero-order valence-electron chi connectivity index (χ0n) is 11.4. The summed E-state index contributed by atoms with van der Waals surface area (Å²) in [4.78, 5) is 13.6. The summed E-state index contributed by atoms with van der Waals surface area (Å²) in [6, 6.07) is 6.44. The summed E-state index contributed by atoms with van der Waals surface area (Å²) >= 11 is 0. The number of hydrogen-bond donors (Lipinski definition) is 1. The van der Waals surface area contributed by atoms with E-state index < -0.39 is 0 Å². The van der Waals surface area contributed by atoms with Crippen molar-refractivity contribution in [3.05, 3.63) is 29.3 Å². The molecule has 3 heteroatoms. The molecule has 1 aromatic rings. The van der Waals surface area contributed by atoms with Crippen LogP contribution in [-0.2, 0) is 4.79 Å². The third kappa shape index (κ3) is 3.77. The Labute approximate surface area is 104 Å². The SMILES string of the molecule is Cc1ccc(C)c(NCC(=O)N(C)C(C)C)c1. The predicted molar refractivity (Wildman–Crippen MR) is 72.3 cm³/mol. The van der Waals surface area contributed by atoms with Gasteiger partial charge in [-0.05, 0) is 44.9 Å². The lowest BCUT2D eigenvalue weighted by Crippen LogP contribution is -2.37. The lowest BCUT2D eigenvalue weighted by Gasteiger charge is -2.22. The van der Waals surface area contributed by atoms with Crippen molar-refractivity contribution >= 4 is 11.6 Å². The minimum atomic E-state index is 0.112. The second-order valence-electron chi connectivity index (χ2n) is 4.77. The predicted octanol–water partition coefficient (Wildman–Crippen LogP) is 2.58. The molecule has 0 unspecified atom stereocenters. The first-order valence-corrected chi connectivity index (χ1v) is 5.98. The zero-order valence-corrected chi connectivity index (χ0v) is 11.4. The van der Waals surface area contributed by atoms with E-state index >= 15 is 0 Å². The summed E-state index contributed by atoms with van der Waals surface area (Å²) < 4.78 is 0. The fourth-order valence-corrected chi connectivity index (χ4v) is 1.51. The first kappa shape index (κ1) is 13.6. The maximum atomic E-state index is 11.8. The number of nitrogens with zero attached hydrogens (tertiary/aromatic N) is 1. The van der Waals surface area contributed by atoms with Crippen LogP contribution in [0.5, 0.6) is 0 Å². The molecule has 0 saturated heterocycles. The van der Waals surface area contributed by atoms with E-state index in [0.29, 0.717) is 6.54 Å². The monoisotopic (exact) mass is 234 g/mol. The number of anilines is 1. The van der Waals surface area contributed by atoms with E-state index in [2.05, 4.69) is 23.5 Å². The second-order valence-corrected chi connectivity index (χ2v) is 4.77. The molecule has 0 fully saturated rings. The molecule has 0 bridgehead atoms. The Morgan fingerprint density at radius 2 is 2.00 bits per heavy atom. The van der Waals surface area contributed by atoms with Gasteiger partial charge in [0, 0.05) is 18.8 Å². The standard InChI is InChI=1S/C14H22N2O/c1-10(2)16(5)14(17)9-15-13-8-11(3)6-7-12(13)4/h6-8,10,15H,9H2,1-5H3. The molecular weight excluding hydrogens is 212 g/mol. The van der Waals surface area contributed by atoms with Crippen LogP contribution < -0.4 is 5.32 Å². The molecule has 94 valence electrons. The van der Waals surface area contributed by atoms with Gasteiger partial charge in [-0.3, -0.25) is 4.79 Å². The van der Waals surface area contributed by atoms with Crippen molar-refractivity contribution in [2.75, 3.05) is 18.9 Å². The summed E-state index contributed by atoms with van der Waals surface area (Å²) in [6.45, 7) is 8.45. The van der Waals surface area contributed by atoms with E-state index in [1.165, 1.54) is 5.56 Å². The van der Waals surface area contributed by atoms with Gasteiger partial charge in [0.1, 0.15) is 0 Å². The lowest BCUT2D eigenvalue weighted by molar-refractivity contribution is -0.129. The smallest absolute Gasteiger partial charge is 0.241 e. The highest BCUT2D eigenvalue weighted by atomic mass is 16.2. The maximum absolute atomic E-state index is 11.8. The van der Waals surface area contributed by atoms with E-state index in [-0.39, 0.29) is 11.9 Å². The summed E-state index contributed by atoms with van der Waals surface area (Å²) in [5, 5.41) is 3.20. The van der Waals surface area contributed by atoms with E-state index in [4.69, 9.17) is 0 Å². The molecule has 0 spiro atoms. The molecule has 0 aliphatic carbocycles. The van der Waals surface area contributed by atoms with Gasteiger partial charge in [-0.25, -0.2) is 0 Å². The molecule has 0 atom stereocenters. The lowest BCUT2D eigenvalue weighted by atomic mass is 10.1. The molecular formula is C14H22N2O. The second kappa shape index (κ2) is 5.71. The number of rotatable bonds is 4. The van der Waals surface area contributed by atoms with Crippen LogP contribution in [-0.4, -0.2) is 30.4 Å². The number of carbonyl (C=O) groups excluding carboxylic acids is 1. The largest absolute Gasteiger partial charge is 0.376 e. The number of benzene rings is 1. The normalized spacial score (nSPS) is 10.5. The van der Waals surface area contributed by atoms with E-state index in [1.807, 2.05) is 34.7 Å². The molecule has 0 aliphatic rings. The van der Waals surface area contributed by atoms with Crippen molar-refractivity contribution in [2.45, 2.75) is 33.7 Å². The van der Waals surface area contributed by atoms with Crippen LogP contribution in [0.4, 0.5) is 5.69 Å². The van der Waals surface area contributed by atoms with Crippen molar-refractivity contribution in [1.29, 1.82) is 0 Å². The zero-order chi connectivity index (χ0) is 13.0. The summed E-state index contributed by atoms with van der Waals surface area (Å²) in [7, 11) is 1.83. The first-order valence-electron chi connectivity index (χ1n) is 5.98. The van der Waals surface area contributed by atoms with Gasteiger partial charge in [-0.1, -0.05) is 12.1 Å². The van der Waals surface area contributed by atoms with Gasteiger partial charge in [0.15, 0.2) is 0 Å². The third-order valence-electron chi connectivity index (χ3n) is 2.99.